The van der Waals surface area contributed by atoms with Gasteiger partial charge in [0.1, 0.15) is 23.3 Å². The van der Waals surface area contributed by atoms with Gasteiger partial charge >= 0.3 is 5.97 Å². The Kier molecular flexibility index (Phi) is 12.4. The van der Waals surface area contributed by atoms with Gasteiger partial charge in [0.25, 0.3) is 11.1 Å². The lowest BCUT2D eigenvalue weighted by Crippen LogP contribution is -2.20. The first-order valence-corrected chi connectivity index (χ1v) is 16.2. The van der Waals surface area contributed by atoms with Crippen LogP contribution in [0.2, 0.25) is 0 Å². The van der Waals surface area contributed by atoms with Gasteiger partial charge in [-0.25, -0.2) is 28.6 Å². The zero-order valence-corrected chi connectivity index (χ0v) is 29.0. The molecule has 0 bridgehead atoms. The smallest absolute Gasteiger partial charge is 0.307 e. The standard InChI is InChI=1S/C19H19FN4O4.C15H12FN3O4S/c1-3-27-16(25)8-9-21-19-22-11-12-10-15(18(26)24(2)17(12)23-19)28-14-7-5-4-6-13(14)20;1-19-13-9(8-17-15(18-13)24-23-21-2)7-12(14(19)20)22-11-6-4-3-5-10(11)16/h4-7,10-11H,3,8-9H2,1-2H3,(H,21,22,23);3-8H,1-2H3. The maximum absolute atomic E-state index is 13.8. The molecule has 6 rings (SSSR count). The third-order valence-electron chi connectivity index (χ3n) is 7.02. The van der Waals surface area contributed by atoms with E-state index in [0.717, 1.165) is 12.0 Å². The van der Waals surface area contributed by atoms with E-state index in [-0.39, 0.29) is 46.5 Å². The van der Waals surface area contributed by atoms with E-state index in [2.05, 4.69) is 30.1 Å². The highest BCUT2D eigenvalue weighted by Crippen LogP contribution is 2.26. The number of nitrogens with one attached hydrogen (secondary N) is 1. The second kappa shape index (κ2) is 17.3. The summed E-state index contributed by atoms with van der Waals surface area (Å²) in [5, 5.41) is 4.30. The molecule has 2 aromatic carbocycles. The fraction of sp³-hybridized carbons (Fsp3) is 0.206. The maximum atomic E-state index is 13.8. The average molecular weight is 736 g/mol. The van der Waals surface area contributed by atoms with Crippen LogP contribution in [0.4, 0.5) is 14.7 Å². The van der Waals surface area contributed by atoms with Crippen LogP contribution in [-0.2, 0) is 32.8 Å². The van der Waals surface area contributed by atoms with Gasteiger partial charge < -0.3 is 19.5 Å². The van der Waals surface area contributed by atoms with Crippen LogP contribution < -0.4 is 25.9 Å². The molecular weight excluding hydrogens is 704 g/mol. The molecule has 15 nitrogen and oxygen atoms in total. The average Bonchev–Trinajstić information content (AvgIpc) is 3.14. The second-order valence-corrected chi connectivity index (χ2v) is 11.2. The number of hydrogen-bond donors (Lipinski definition) is 1. The number of halogens is 2. The number of carbonyl (C=O) groups excluding carboxylic acids is 1. The van der Waals surface area contributed by atoms with Crippen LogP contribution >= 0.6 is 12.0 Å². The summed E-state index contributed by atoms with van der Waals surface area (Å²) in [4.78, 5) is 57.6. The highest BCUT2D eigenvalue weighted by molar-refractivity contribution is 7.94. The monoisotopic (exact) mass is 735 g/mol. The number of esters is 1. The number of carbonyl (C=O) groups is 1. The number of aryl methyl sites for hydroxylation is 2. The SMILES string of the molecule is CCOC(=O)CCNc1ncc2cc(Oc3ccccc3F)c(=O)n(C)c2n1.COOSc1ncc2cc(Oc3ccccc3F)c(=O)n(C)c2n1. The molecule has 4 heterocycles. The lowest BCUT2D eigenvalue weighted by Gasteiger charge is -2.11. The number of anilines is 1. The fourth-order valence-corrected chi connectivity index (χ4v) is 4.90. The molecule has 6 aromatic rings. The maximum Gasteiger partial charge on any atom is 0.307 e. The van der Waals surface area contributed by atoms with Crippen molar-refractivity contribution in [1.29, 1.82) is 0 Å². The van der Waals surface area contributed by atoms with E-state index in [4.69, 9.17) is 18.5 Å². The number of benzene rings is 2. The molecule has 0 amide bonds. The van der Waals surface area contributed by atoms with Gasteiger partial charge in [0.05, 0.1) is 20.1 Å². The van der Waals surface area contributed by atoms with Crippen LogP contribution in [0.25, 0.3) is 22.1 Å². The van der Waals surface area contributed by atoms with Crippen LogP contribution in [0, 0.1) is 11.6 Å². The molecule has 0 radical (unpaired) electrons. The van der Waals surface area contributed by atoms with E-state index in [0.29, 0.717) is 35.2 Å². The molecule has 0 fully saturated rings. The number of fused-ring (bicyclic) bond motifs is 2. The molecule has 0 spiro atoms. The van der Waals surface area contributed by atoms with E-state index < -0.39 is 22.8 Å². The predicted molar refractivity (Wildman–Crippen MR) is 186 cm³/mol. The van der Waals surface area contributed by atoms with E-state index in [1.54, 1.807) is 19.1 Å². The summed E-state index contributed by atoms with van der Waals surface area (Å²) >= 11 is 0.818. The summed E-state index contributed by atoms with van der Waals surface area (Å²) in [6.45, 7) is 2.36. The van der Waals surface area contributed by atoms with Gasteiger partial charge in [0.15, 0.2) is 34.6 Å². The zero-order chi connectivity index (χ0) is 37.2. The van der Waals surface area contributed by atoms with Crippen molar-refractivity contribution in [3.8, 4) is 23.0 Å². The molecular formula is C34H31F2N7O8S. The molecule has 0 saturated heterocycles. The van der Waals surface area contributed by atoms with Gasteiger partial charge in [0, 0.05) is 43.8 Å². The number of pyridine rings is 2. The molecule has 0 unspecified atom stereocenters. The molecule has 0 aliphatic carbocycles. The minimum atomic E-state index is -0.568. The van der Waals surface area contributed by atoms with Crippen molar-refractivity contribution in [3.63, 3.8) is 0 Å². The Balaban J connectivity index is 0.000000203. The van der Waals surface area contributed by atoms with Crippen LogP contribution in [0.3, 0.4) is 0 Å². The van der Waals surface area contributed by atoms with Gasteiger partial charge in [-0.1, -0.05) is 24.3 Å². The number of aromatic nitrogens is 6. The Bertz CT molecular complexity index is 2340. The first-order chi connectivity index (χ1) is 25.1. The van der Waals surface area contributed by atoms with Crippen molar-refractivity contribution >= 4 is 46.0 Å². The third-order valence-corrected chi connectivity index (χ3v) is 7.57. The van der Waals surface area contributed by atoms with E-state index in [1.165, 1.54) is 91.3 Å². The van der Waals surface area contributed by atoms with E-state index in [9.17, 15) is 23.2 Å². The minimum absolute atomic E-state index is 0.0211. The molecule has 52 heavy (non-hydrogen) atoms. The summed E-state index contributed by atoms with van der Waals surface area (Å²) < 4.78 is 50.5. The van der Waals surface area contributed by atoms with Gasteiger partial charge in [-0.05, 0) is 43.3 Å². The highest BCUT2D eigenvalue weighted by atomic mass is 32.2. The molecule has 0 aliphatic heterocycles. The number of para-hydroxylation sites is 2. The fourth-order valence-electron chi connectivity index (χ4n) is 4.56. The topological polar surface area (TPSA) is 171 Å². The predicted octanol–water partition coefficient (Wildman–Crippen LogP) is 5.47. The minimum Gasteiger partial charge on any atom is -0.466 e. The van der Waals surface area contributed by atoms with Crippen molar-refractivity contribution in [2.24, 2.45) is 14.1 Å². The Hall–Kier alpha value is -5.98. The van der Waals surface area contributed by atoms with Crippen molar-refractivity contribution in [2.75, 3.05) is 25.6 Å². The second-order valence-electron chi connectivity index (χ2n) is 10.5. The number of ether oxygens (including phenoxy) is 3. The Morgan fingerprint density at radius 1 is 0.808 bits per heavy atom. The largest absolute Gasteiger partial charge is 0.466 e. The zero-order valence-electron chi connectivity index (χ0n) is 28.2. The number of rotatable bonds is 12. The molecule has 1 N–H and O–H groups in total. The Morgan fingerprint density at radius 3 is 1.88 bits per heavy atom. The van der Waals surface area contributed by atoms with Crippen LogP contribution in [0.1, 0.15) is 13.3 Å². The normalized spacial score (nSPS) is 10.8. The Labute approximate surface area is 298 Å². The van der Waals surface area contributed by atoms with Crippen molar-refractivity contribution in [3.05, 3.63) is 105 Å². The molecule has 4 aromatic heterocycles. The van der Waals surface area contributed by atoms with Crippen LogP contribution in [-0.4, -0.2) is 55.3 Å². The number of hydrogen-bond acceptors (Lipinski definition) is 14. The molecule has 0 atom stereocenters. The molecule has 18 heteroatoms. The summed E-state index contributed by atoms with van der Waals surface area (Å²) in [6, 6.07) is 14.6. The molecule has 0 aliphatic rings. The van der Waals surface area contributed by atoms with Gasteiger partial charge in [-0.3, -0.25) is 23.5 Å². The summed E-state index contributed by atoms with van der Waals surface area (Å²) in [5.41, 5.74) is -0.155. The highest BCUT2D eigenvalue weighted by Gasteiger charge is 2.15. The van der Waals surface area contributed by atoms with E-state index in [1.807, 2.05) is 0 Å². The molecule has 270 valence electrons. The van der Waals surface area contributed by atoms with Crippen molar-refractivity contribution in [1.82, 2.24) is 29.1 Å². The first kappa shape index (κ1) is 37.3. The molecule has 0 saturated carbocycles. The number of nitrogens with zero attached hydrogens (tertiary/aromatic N) is 6. The van der Waals surface area contributed by atoms with Gasteiger partial charge in [-0.15, -0.1) is 0 Å². The van der Waals surface area contributed by atoms with Crippen molar-refractivity contribution < 1.29 is 37.0 Å². The Morgan fingerprint density at radius 2 is 1.35 bits per heavy atom. The van der Waals surface area contributed by atoms with Gasteiger partial charge in [-0.2, -0.15) is 9.32 Å². The van der Waals surface area contributed by atoms with E-state index >= 15 is 0 Å². The lowest BCUT2D eigenvalue weighted by molar-refractivity contribution is -0.160. The van der Waals surface area contributed by atoms with Crippen LogP contribution in [0.5, 0.6) is 23.0 Å². The quantitative estimate of drug-likeness (QED) is 0.0552. The van der Waals surface area contributed by atoms with Gasteiger partial charge in [0.2, 0.25) is 11.1 Å². The summed E-state index contributed by atoms with van der Waals surface area (Å²) in [6.07, 6.45) is 3.20. The third kappa shape index (κ3) is 9.02. The lowest BCUT2D eigenvalue weighted by atomic mass is 10.3. The first-order valence-electron chi connectivity index (χ1n) is 15.4. The summed E-state index contributed by atoms with van der Waals surface area (Å²) in [5.74, 6) is -1.30. The van der Waals surface area contributed by atoms with Crippen LogP contribution in [0.15, 0.2) is 87.8 Å². The van der Waals surface area contributed by atoms with Crippen molar-refractivity contribution in [2.45, 2.75) is 18.5 Å². The summed E-state index contributed by atoms with van der Waals surface area (Å²) in [7, 11) is 4.43.